The van der Waals surface area contributed by atoms with Crippen LogP contribution in [0.4, 0.5) is 0 Å². The predicted octanol–water partition coefficient (Wildman–Crippen LogP) is 3.74. The van der Waals surface area contributed by atoms with Crippen LogP contribution in [0.25, 0.3) is 0 Å². The first-order valence-corrected chi connectivity index (χ1v) is 8.08. The summed E-state index contributed by atoms with van der Waals surface area (Å²) in [6.07, 6.45) is 4.58. The minimum absolute atomic E-state index is 0.178. The van der Waals surface area contributed by atoms with Crippen LogP contribution in [0.5, 0.6) is 17.2 Å². The molecule has 4 heteroatoms. The van der Waals surface area contributed by atoms with Gasteiger partial charge in [-0.1, -0.05) is 27.2 Å². The minimum atomic E-state index is 0.178. The molecule has 21 heavy (non-hydrogen) atoms. The molecule has 2 rings (SSSR count). The number of nitrogens with one attached hydrogen (secondary N) is 1. The van der Waals surface area contributed by atoms with Crippen LogP contribution in [-0.4, -0.2) is 25.5 Å². The summed E-state index contributed by atoms with van der Waals surface area (Å²) in [5.74, 6) is 2.42. The maximum absolute atomic E-state index is 6.20. The molecular weight excluding hydrogens is 266 g/mol. The third-order valence-corrected chi connectivity index (χ3v) is 3.74. The lowest BCUT2D eigenvalue weighted by molar-refractivity contribution is 0.142. The smallest absolute Gasteiger partial charge is 0.231 e. The fourth-order valence-corrected chi connectivity index (χ4v) is 2.64. The van der Waals surface area contributed by atoms with Crippen molar-refractivity contribution >= 4 is 0 Å². The number of hydrogen-bond acceptors (Lipinski definition) is 4. The first-order valence-electron chi connectivity index (χ1n) is 8.08. The van der Waals surface area contributed by atoms with E-state index in [2.05, 4.69) is 26.1 Å². The van der Waals surface area contributed by atoms with E-state index in [0.29, 0.717) is 12.8 Å². The molecule has 4 nitrogen and oxygen atoms in total. The van der Waals surface area contributed by atoms with Crippen LogP contribution in [0, 0.1) is 0 Å². The Balaban J connectivity index is 2.02. The lowest BCUT2D eigenvalue weighted by atomic mass is 10.0. The molecule has 1 aromatic rings. The molecule has 0 aromatic heterocycles. The predicted molar refractivity (Wildman–Crippen MR) is 84.3 cm³/mol. The molecule has 0 saturated carbocycles. The maximum atomic E-state index is 6.20. The van der Waals surface area contributed by atoms with Gasteiger partial charge in [0.15, 0.2) is 11.5 Å². The topological polar surface area (TPSA) is 39.7 Å². The Morgan fingerprint density at radius 3 is 2.67 bits per heavy atom. The van der Waals surface area contributed by atoms with Gasteiger partial charge in [-0.2, -0.15) is 0 Å². The summed E-state index contributed by atoms with van der Waals surface area (Å²) < 4.78 is 16.9. The zero-order chi connectivity index (χ0) is 15.1. The maximum Gasteiger partial charge on any atom is 0.231 e. The van der Waals surface area contributed by atoms with Gasteiger partial charge in [-0.15, -0.1) is 0 Å². The van der Waals surface area contributed by atoms with Gasteiger partial charge in [-0.3, -0.25) is 0 Å². The lowest BCUT2D eigenvalue weighted by Crippen LogP contribution is -2.43. The van der Waals surface area contributed by atoms with Gasteiger partial charge in [-0.05, 0) is 37.9 Å². The Hall–Kier alpha value is -1.42. The summed E-state index contributed by atoms with van der Waals surface area (Å²) in [5.41, 5.74) is 0. The van der Waals surface area contributed by atoms with Gasteiger partial charge in [0.2, 0.25) is 6.79 Å². The normalized spacial score (nSPS) is 15.8. The summed E-state index contributed by atoms with van der Waals surface area (Å²) in [4.78, 5) is 0. The molecule has 0 radical (unpaired) electrons. The summed E-state index contributed by atoms with van der Waals surface area (Å²) in [6, 6.07) is 6.19. The van der Waals surface area contributed by atoms with E-state index in [9.17, 15) is 0 Å². The molecule has 0 fully saturated rings. The Morgan fingerprint density at radius 2 is 1.95 bits per heavy atom. The van der Waals surface area contributed by atoms with Gasteiger partial charge in [0.05, 0.1) is 0 Å². The van der Waals surface area contributed by atoms with Crippen LogP contribution in [-0.2, 0) is 0 Å². The molecule has 1 aromatic carbocycles. The highest BCUT2D eigenvalue weighted by molar-refractivity contribution is 5.46. The van der Waals surface area contributed by atoms with E-state index < -0.39 is 0 Å². The van der Waals surface area contributed by atoms with Crippen LogP contribution in [0.2, 0.25) is 0 Å². The summed E-state index contributed by atoms with van der Waals surface area (Å²) in [5, 5.41) is 3.61. The molecule has 2 atom stereocenters. The second kappa shape index (κ2) is 8.13. The molecule has 1 aliphatic heterocycles. The summed E-state index contributed by atoms with van der Waals surface area (Å²) in [7, 11) is 0. The van der Waals surface area contributed by atoms with Crippen molar-refractivity contribution in [3.63, 3.8) is 0 Å². The number of ether oxygens (including phenoxy) is 3. The molecule has 0 aliphatic carbocycles. The Kier molecular flexibility index (Phi) is 6.18. The second-order valence-electron chi connectivity index (χ2n) is 5.43. The number of hydrogen-bond donors (Lipinski definition) is 1. The van der Waals surface area contributed by atoms with Gasteiger partial charge in [0.25, 0.3) is 0 Å². The van der Waals surface area contributed by atoms with Crippen molar-refractivity contribution in [2.75, 3.05) is 13.3 Å². The van der Waals surface area contributed by atoms with E-state index in [0.717, 1.165) is 49.5 Å². The van der Waals surface area contributed by atoms with E-state index in [-0.39, 0.29) is 6.10 Å². The van der Waals surface area contributed by atoms with E-state index in [4.69, 9.17) is 14.2 Å². The van der Waals surface area contributed by atoms with Gasteiger partial charge in [-0.25, -0.2) is 0 Å². The second-order valence-corrected chi connectivity index (χ2v) is 5.43. The number of rotatable bonds is 9. The lowest BCUT2D eigenvalue weighted by Gasteiger charge is -2.28. The van der Waals surface area contributed by atoms with E-state index in [1.54, 1.807) is 0 Å². The quantitative estimate of drug-likeness (QED) is 0.753. The summed E-state index contributed by atoms with van der Waals surface area (Å²) in [6.45, 7) is 7.91. The molecule has 0 bridgehead atoms. The minimum Gasteiger partial charge on any atom is -0.489 e. The molecule has 1 N–H and O–H groups in total. The Bertz CT molecular complexity index is 436. The van der Waals surface area contributed by atoms with Gasteiger partial charge < -0.3 is 19.5 Å². The molecular formula is C17H27NO3. The third kappa shape index (κ3) is 4.27. The van der Waals surface area contributed by atoms with E-state index >= 15 is 0 Å². The van der Waals surface area contributed by atoms with Crippen molar-refractivity contribution in [3.05, 3.63) is 18.2 Å². The highest BCUT2D eigenvalue weighted by Crippen LogP contribution is 2.35. The molecule has 0 spiro atoms. The zero-order valence-electron chi connectivity index (χ0n) is 13.4. The highest BCUT2D eigenvalue weighted by Gasteiger charge is 2.21. The van der Waals surface area contributed by atoms with Crippen LogP contribution in [0.1, 0.15) is 46.5 Å². The molecule has 118 valence electrons. The zero-order valence-corrected chi connectivity index (χ0v) is 13.4. The summed E-state index contributed by atoms with van der Waals surface area (Å²) >= 11 is 0. The molecule has 0 amide bonds. The van der Waals surface area contributed by atoms with Crippen molar-refractivity contribution in [3.8, 4) is 17.2 Å². The van der Waals surface area contributed by atoms with Crippen LogP contribution >= 0.6 is 0 Å². The molecule has 2 unspecified atom stereocenters. The van der Waals surface area contributed by atoms with Gasteiger partial charge in [0, 0.05) is 12.1 Å². The van der Waals surface area contributed by atoms with E-state index in [1.165, 1.54) is 0 Å². The average molecular weight is 293 g/mol. The monoisotopic (exact) mass is 293 g/mol. The van der Waals surface area contributed by atoms with Crippen LogP contribution in [0.3, 0.4) is 0 Å². The molecule has 1 aliphatic rings. The van der Waals surface area contributed by atoms with E-state index in [1.807, 2.05) is 18.2 Å². The average Bonchev–Trinajstić information content (AvgIpc) is 2.97. The highest BCUT2D eigenvalue weighted by atomic mass is 16.7. The van der Waals surface area contributed by atoms with Crippen LogP contribution < -0.4 is 19.5 Å². The van der Waals surface area contributed by atoms with Crippen molar-refractivity contribution in [2.45, 2.75) is 58.6 Å². The first-order chi connectivity index (χ1) is 10.3. The van der Waals surface area contributed by atoms with Crippen molar-refractivity contribution in [1.29, 1.82) is 0 Å². The Morgan fingerprint density at radius 1 is 1.14 bits per heavy atom. The fourth-order valence-electron chi connectivity index (χ4n) is 2.64. The van der Waals surface area contributed by atoms with Gasteiger partial charge in [0.1, 0.15) is 11.9 Å². The van der Waals surface area contributed by atoms with Crippen LogP contribution in [0.15, 0.2) is 18.2 Å². The van der Waals surface area contributed by atoms with Gasteiger partial charge >= 0.3 is 0 Å². The van der Waals surface area contributed by atoms with Crippen molar-refractivity contribution in [2.24, 2.45) is 0 Å². The van der Waals surface area contributed by atoms with Crippen molar-refractivity contribution < 1.29 is 14.2 Å². The molecule has 0 saturated heterocycles. The first kappa shape index (κ1) is 16.0. The number of benzene rings is 1. The molecule has 1 heterocycles. The number of fused-ring (bicyclic) bond motifs is 1. The Labute approximate surface area is 127 Å². The largest absolute Gasteiger partial charge is 0.489 e. The fraction of sp³-hybridized carbons (Fsp3) is 0.647. The standard InChI is InChI=1S/C17H27NO3/c1-4-7-14(18-10-5-2)15(6-3)21-13-8-9-16-17(11-13)20-12-19-16/h8-9,11,14-15,18H,4-7,10,12H2,1-3H3. The SMILES string of the molecule is CCCNC(CCC)C(CC)Oc1ccc2c(c1)OCO2. The van der Waals surface area contributed by atoms with Crippen molar-refractivity contribution in [1.82, 2.24) is 5.32 Å². The third-order valence-electron chi connectivity index (χ3n) is 3.74.